The van der Waals surface area contributed by atoms with Crippen LogP contribution in [0.25, 0.3) is 0 Å². The Labute approximate surface area is 103 Å². The third-order valence-electron chi connectivity index (χ3n) is 2.24. The monoisotopic (exact) mass is 242 g/mol. The number of rotatable bonds is 0. The molecular weight excluding hydrogens is 220 g/mol. The molecule has 0 aromatic carbocycles. The van der Waals surface area contributed by atoms with Crippen LogP contribution in [0.1, 0.15) is 44.4 Å². The van der Waals surface area contributed by atoms with E-state index < -0.39 is 0 Å². The summed E-state index contributed by atoms with van der Waals surface area (Å²) in [7, 11) is 0. The van der Waals surface area contributed by atoms with Crippen LogP contribution in [0.2, 0.25) is 0 Å². The highest BCUT2D eigenvalue weighted by Crippen LogP contribution is 2.48. The lowest BCUT2D eigenvalue weighted by Gasteiger charge is -2.22. The van der Waals surface area contributed by atoms with Crippen LogP contribution >= 0.6 is 11.3 Å². The lowest BCUT2D eigenvalue weighted by molar-refractivity contribution is 0.169. The summed E-state index contributed by atoms with van der Waals surface area (Å²) >= 11 is 1.79. The normalized spacial score (nSPS) is 14.1. The highest BCUT2D eigenvalue weighted by Gasteiger charge is 2.29. The number of fused-ring (bicyclic) bond motifs is 1. The second-order valence-electron chi connectivity index (χ2n) is 4.59. The van der Waals surface area contributed by atoms with Gasteiger partial charge in [0.1, 0.15) is 13.2 Å². The zero-order chi connectivity index (χ0) is 12.3. The SMILES string of the molecule is CC.Cc1sc(C(C)(C)C)c2c1OCCO2. The molecule has 92 valence electrons. The fourth-order valence-electron chi connectivity index (χ4n) is 1.59. The van der Waals surface area contributed by atoms with Crippen LogP contribution in [0.15, 0.2) is 0 Å². The van der Waals surface area contributed by atoms with Crippen molar-refractivity contribution in [1.82, 2.24) is 0 Å². The van der Waals surface area contributed by atoms with Crippen LogP contribution in [0.5, 0.6) is 11.5 Å². The lowest BCUT2D eigenvalue weighted by atomic mass is 9.94. The molecule has 1 aliphatic rings. The third kappa shape index (κ3) is 2.51. The summed E-state index contributed by atoms with van der Waals surface area (Å²) in [5.74, 6) is 1.94. The minimum Gasteiger partial charge on any atom is -0.485 e. The zero-order valence-corrected chi connectivity index (χ0v) is 12.0. The summed E-state index contributed by atoms with van der Waals surface area (Å²) in [6.45, 7) is 14.1. The molecule has 0 spiro atoms. The Balaban J connectivity index is 0.000000606. The van der Waals surface area contributed by atoms with Gasteiger partial charge in [-0.15, -0.1) is 11.3 Å². The van der Waals surface area contributed by atoms with Gasteiger partial charge in [-0.1, -0.05) is 34.6 Å². The molecule has 0 aliphatic carbocycles. The van der Waals surface area contributed by atoms with Gasteiger partial charge in [-0.05, 0) is 6.92 Å². The molecule has 2 rings (SSSR count). The van der Waals surface area contributed by atoms with Crippen molar-refractivity contribution in [2.24, 2.45) is 0 Å². The van der Waals surface area contributed by atoms with E-state index >= 15 is 0 Å². The van der Waals surface area contributed by atoms with Crippen LogP contribution in [0.3, 0.4) is 0 Å². The second-order valence-corrected chi connectivity index (χ2v) is 5.82. The average molecular weight is 242 g/mol. The van der Waals surface area contributed by atoms with Gasteiger partial charge in [-0.2, -0.15) is 0 Å². The molecule has 0 atom stereocenters. The molecular formula is C13H22O2S. The number of ether oxygens (including phenoxy) is 2. The summed E-state index contributed by atoms with van der Waals surface area (Å²) in [5, 5.41) is 0. The Kier molecular flexibility index (Phi) is 4.25. The van der Waals surface area contributed by atoms with Crippen LogP contribution in [0.4, 0.5) is 0 Å². The predicted molar refractivity (Wildman–Crippen MR) is 70.1 cm³/mol. The van der Waals surface area contributed by atoms with Gasteiger partial charge < -0.3 is 9.47 Å². The van der Waals surface area contributed by atoms with Crippen molar-refractivity contribution in [3.8, 4) is 11.5 Å². The maximum atomic E-state index is 5.69. The Morgan fingerprint density at radius 3 is 2.00 bits per heavy atom. The Bertz CT molecular complexity index is 348. The second kappa shape index (κ2) is 5.09. The van der Waals surface area contributed by atoms with E-state index in [9.17, 15) is 0 Å². The topological polar surface area (TPSA) is 18.5 Å². The van der Waals surface area contributed by atoms with Crippen molar-refractivity contribution in [2.75, 3.05) is 13.2 Å². The smallest absolute Gasteiger partial charge is 0.176 e. The van der Waals surface area contributed by atoms with Crippen LogP contribution in [-0.2, 0) is 5.41 Å². The first-order chi connectivity index (χ1) is 7.50. The number of hydrogen-bond acceptors (Lipinski definition) is 3. The van der Waals surface area contributed by atoms with Crippen molar-refractivity contribution in [3.05, 3.63) is 9.75 Å². The van der Waals surface area contributed by atoms with Gasteiger partial charge in [0.05, 0.1) is 4.88 Å². The molecule has 0 bridgehead atoms. The molecule has 0 saturated heterocycles. The minimum atomic E-state index is 0.143. The summed E-state index contributed by atoms with van der Waals surface area (Å²) in [6, 6.07) is 0. The fourth-order valence-corrected chi connectivity index (χ4v) is 2.69. The van der Waals surface area contributed by atoms with Gasteiger partial charge in [0.15, 0.2) is 11.5 Å². The van der Waals surface area contributed by atoms with Gasteiger partial charge >= 0.3 is 0 Å². The maximum absolute atomic E-state index is 5.69. The largest absolute Gasteiger partial charge is 0.485 e. The van der Waals surface area contributed by atoms with Gasteiger partial charge in [-0.25, -0.2) is 0 Å². The Morgan fingerprint density at radius 1 is 1.00 bits per heavy atom. The van der Waals surface area contributed by atoms with Crippen LogP contribution in [-0.4, -0.2) is 13.2 Å². The highest BCUT2D eigenvalue weighted by atomic mass is 32.1. The van der Waals surface area contributed by atoms with E-state index in [0.717, 1.165) is 11.5 Å². The van der Waals surface area contributed by atoms with E-state index in [2.05, 4.69) is 27.7 Å². The van der Waals surface area contributed by atoms with Crippen LogP contribution in [0, 0.1) is 6.92 Å². The van der Waals surface area contributed by atoms with E-state index in [0.29, 0.717) is 13.2 Å². The molecule has 1 aliphatic heterocycles. The molecule has 2 nitrogen and oxygen atoms in total. The summed E-state index contributed by atoms with van der Waals surface area (Å²) in [5.41, 5.74) is 0.143. The third-order valence-corrected chi connectivity index (χ3v) is 3.74. The molecule has 0 amide bonds. The van der Waals surface area contributed by atoms with Gasteiger partial charge in [0.2, 0.25) is 0 Å². The van der Waals surface area contributed by atoms with Crippen molar-refractivity contribution < 1.29 is 9.47 Å². The first-order valence-corrected chi connectivity index (χ1v) is 6.71. The summed E-state index contributed by atoms with van der Waals surface area (Å²) in [6.07, 6.45) is 0. The zero-order valence-electron chi connectivity index (χ0n) is 11.1. The van der Waals surface area contributed by atoms with Gasteiger partial charge in [0.25, 0.3) is 0 Å². The van der Waals surface area contributed by atoms with E-state index in [4.69, 9.17) is 9.47 Å². The minimum absolute atomic E-state index is 0.143. The number of thiophene rings is 1. The fraction of sp³-hybridized carbons (Fsp3) is 0.692. The molecule has 0 radical (unpaired) electrons. The van der Waals surface area contributed by atoms with Crippen molar-refractivity contribution in [1.29, 1.82) is 0 Å². The molecule has 0 saturated carbocycles. The van der Waals surface area contributed by atoms with E-state index in [1.54, 1.807) is 11.3 Å². The van der Waals surface area contributed by atoms with E-state index in [-0.39, 0.29) is 5.41 Å². The molecule has 0 unspecified atom stereocenters. The summed E-state index contributed by atoms with van der Waals surface area (Å²) < 4.78 is 11.3. The van der Waals surface area contributed by atoms with E-state index in [1.807, 2.05) is 13.8 Å². The maximum Gasteiger partial charge on any atom is 0.176 e. The van der Waals surface area contributed by atoms with E-state index in [1.165, 1.54) is 9.75 Å². The predicted octanol–water partition coefficient (Wildman–Crippen LogP) is 4.15. The van der Waals surface area contributed by atoms with Gasteiger partial charge in [0, 0.05) is 10.3 Å². The summed E-state index contributed by atoms with van der Waals surface area (Å²) in [4.78, 5) is 2.52. The first kappa shape index (κ1) is 13.4. The molecule has 0 N–H and O–H groups in total. The van der Waals surface area contributed by atoms with Crippen LogP contribution < -0.4 is 9.47 Å². The molecule has 1 aromatic rings. The first-order valence-electron chi connectivity index (χ1n) is 5.89. The van der Waals surface area contributed by atoms with Crippen molar-refractivity contribution in [2.45, 2.75) is 47.0 Å². The number of aryl methyl sites for hydroxylation is 1. The average Bonchev–Trinajstić information content (AvgIpc) is 2.60. The molecule has 1 aromatic heterocycles. The lowest BCUT2D eigenvalue weighted by Crippen LogP contribution is -2.18. The van der Waals surface area contributed by atoms with Crippen molar-refractivity contribution in [3.63, 3.8) is 0 Å². The molecule has 2 heterocycles. The molecule has 0 fully saturated rings. The van der Waals surface area contributed by atoms with Gasteiger partial charge in [-0.3, -0.25) is 0 Å². The quantitative estimate of drug-likeness (QED) is 0.680. The molecule has 16 heavy (non-hydrogen) atoms. The Hall–Kier alpha value is -0.700. The highest BCUT2D eigenvalue weighted by molar-refractivity contribution is 7.12. The number of hydrogen-bond donors (Lipinski definition) is 0. The Morgan fingerprint density at radius 2 is 1.50 bits per heavy atom. The standard InChI is InChI=1S/C11H16O2S.C2H6/c1-7-8-9(13-6-5-12-8)10(14-7)11(2,3)4;1-2/h5-6H2,1-4H3;1-2H3. The van der Waals surface area contributed by atoms with Crippen molar-refractivity contribution >= 4 is 11.3 Å². The molecule has 3 heteroatoms.